The van der Waals surface area contributed by atoms with Crippen LogP contribution in [0.25, 0.3) is 0 Å². The molecule has 0 bridgehead atoms. The highest BCUT2D eigenvalue weighted by Gasteiger charge is 2.30. The zero-order valence-corrected chi connectivity index (χ0v) is 25.1. The number of carbonyl (C=O) groups is 2. The minimum atomic E-state index is -3.62. The molecule has 3 rings (SSSR count). The highest BCUT2D eigenvalue weighted by Crippen LogP contribution is 2.24. The highest BCUT2D eigenvalue weighted by molar-refractivity contribution is 7.92. The molecule has 0 unspecified atom stereocenters. The molecule has 0 aliphatic carbocycles. The van der Waals surface area contributed by atoms with Crippen molar-refractivity contribution in [2.75, 3.05) is 23.7 Å². The van der Waals surface area contributed by atoms with E-state index in [9.17, 15) is 18.0 Å². The van der Waals surface area contributed by atoms with Gasteiger partial charge in [-0.3, -0.25) is 13.9 Å². The van der Waals surface area contributed by atoms with E-state index in [0.717, 1.165) is 23.8 Å². The maximum absolute atomic E-state index is 13.8. The van der Waals surface area contributed by atoms with Crippen molar-refractivity contribution in [3.63, 3.8) is 0 Å². The zero-order chi connectivity index (χ0) is 29.1. The van der Waals surface area contributed by atoms with Gasteiger partial charge in [-0.05, 0) is 48.2 Å². The summed E-state index contributed by atoms with van der Waals surface area (Å²) in [5.41, 5.74) is 2.06. The van der Waals surface area contributed by atoms with Crippen LogP contribution in [-0.4, -0.2) is 50.5 Å². The van der Waals surface area contributed by atoms with Crippen LogP contribution >= 0.6 is 23.2 Å². The topological polar surface area (TPSA) is 86.8 Å². The molecule has 3 aromatic carbocycles. The average Bonchev–Trinajstić information content (AvgIpc) is 2.92. The van der Waals surface area contributed by atoms with Crippen LogP contribution in [0.15, 0.2) is 78.9 Å². The van der Waals surface area contributed by atoms with E-state index in [2.05, 4.69) is 5.32 Å². The molecule has 0 heterocycles. The molecular weight excluding hydrogens is 569 g/mol. The fourth-order valence-electron chi connectivity index (χ4n) is 4.37. The van der Waals surface area contributed by atoms with E-state index in [4.69, 9.17) is 23.2 Å². The van der Waals surface area contributed by atoms with Gasteiger partial charge in [0.2, 0.25) is 21.8 Å². The Hall–Kier alpha value is -3.07. The Labute approximate surface area is 247 Å². The Bertz CT molecular complexity index is 1390. The first-order valence-electron chi connectivity index (χ1n) is 13.2. The molecule has 0 aliphatic heterocycles. The normalized spacial score (nSPS) is 12.0. The van der Waals surface area contributed by atoms with E-state index in [1.807, 2.05) is 55.5 Å². The van der Waals surface area contributed by atoms with Crippen LogP contribution < -0.4 is 9.62 Å². The SMILES string of the molecule is CCCNC(=O)[C@@H](Cc1ccccc1)N(Cc1ccccc1Cl)C(=O)CCCN(c1cccc(Cl)c1)S(C)(=O)=O. The Morgan fingerprint density at radius 3 is 2.30 bits per heavy atom. The summed E-state index contributed by atoms with van der Waals surface area (Å²) in [6.07, 6.45) is 2.47. The van der Waals surface area contributed by atoms with Gasteiger partial charge < -0.3 is 10.2 Å². The average molecular weight is 605 g/mol. The van der Waals surface area contributed by atoms with E-state index >= 15 is 0 Å². The molecule has 3 aromatic rings. The lowest BCUT2D eigenvalue weighted by Gasteiger charge is -2.32. The predicted octanol–water partition coefficient (Wildman–Crippen LogP) is 5.71. The number of carbonyl (C=O) groups excluding carboxylic acids is 2. The maximum Gasteiger partial charge on any atom is 0.243 e. The molecule has 1 N–H and O–H groups in total. The molecule has 40 heavy (non-hydrogen) atoms. The summed E-state index contributed by atoms with van der Waals surface area (Å²) < 4.78 is 26.3. The molecule has 0 radical (unpaired) electrons. The summed E-state index contributed by atoms with van der Waals surface area (Å²) in [5, 5.41) is 3.85. The Kier molecular flexibility index (Phi) is 11.9. The minimum absolute atomic E-state index is 0.0311. The third kappa shape index (κ3) is 9.25. The molecule has 214 valence electrons. The van der Waals surface area contributed by atoms with Crippen LogP contribution in [-0.2, 0) is 32.6 Å². The van der Waals surface area contributed by atoms with Crippen molar-refractivity contribution >= 4 is 50.7 Å². The van der Waals surface area contributed by atoms with Crippen LogP contribution in [0.4, 0.5) is 5.69 Å². The summed E-state index contributed by atoms with van der Waals surface area (Å²) in [5.74, 6) is -0.519. The Balaban J connectivity index is 1.88. The van der Waals surface area contributed by atoms with Gasteiger partial charge in [-0.15, -0.1) is 0 Å². The van der Waals surface area contributed by atoms with Crippen molar-refractivity contribution in [3.8, 4) is 0 Å². The molecule has 2 amide bonds. The molecule has 0 saturated carbocycles. The number of benzene rings is 3. The molecule has 0 aliphatic rings. The summed E-state index contributed by atoms with van der Waals surface area (Å²) in [6, 6.07) is 22.5. The van der Waals surface area contributed by atoms with Gasteiger partial charge in [0.05, 0.1) is 11.9 Å². The van der Waals surface area contributed by atoms with Crippen LogP contribution in [0.2, 0.25) is 10.0 Å². The Morgan fingerprint density at radius 1 is 0.950 bits per heavy atom. The van der Waals surface area contributed by atoms with E-state index < -0.39 is 16.1 Å². The fraction of sp³-hybridized carbons (Fsp3) is 0.333. The predicted molar refractivity (Wildman–Crippen MR) is 162 cm³/mol. The van der Waals surface area contributed by atoms with Crippen molar-refractivity contribution in [2.45, 2.75) is 45.2 Å². The van der Waals surface area contributed by atoms with Crippen molar-refractivity contribution in [1.29, 1.82) is 0 Å². The molecule has 1 atom stereocenters. The quantitative estimate of drug-likeness (QED) is 0.256. The van der Waals surface area contributed by atoms with Gasteiger partial charge in [-0.1, -0.05) is 84.7 Å². The number of nitrogens with one attached hydrogen (secondary N) is 1. The van der Waals surface area contributed by atoms with Crippen LogP contribution in [0.5, 0.6) is 0 Å². The third-order valence-electron chi connectivity index (χ3n) is 6.37. The molecular formula is C30H35Cl2N3O4S. The molecule has 0 fully saturated rings. The second-order valence-corrected chi connectivity index (χ2v) is 12.3. The lowest BCUT2D eigenvalue weighted by atomic mass is 10.0. The van der Waals surface area contributed by atoms with Crippen molar-refractivity contribution in [3.05, 3.63) is 100 Å². The number of hydrogen-bond donors (Lipinski definition) is 1. The van der Waals surface area contributed by atoms with Gasteiger partial charge in [0, 0.05) is 42.5 Å². The number of rotatable bonds is 14. The second-order valence-electron chi connectivity index (χ2n) is 9.53. The third-order valence-corrected chi connectivity index (χ3v) is 8.17. The first-order chi connectivity index (χ1) is 19.1. The van der Waals surface area contributed by atoms with E-state index in [1.165, 1.54) is 4.31 Å². The standard InChI is InChI=1S/C30H35Cl2N3O4S/c1-3-18-33-30(37)28(20-23-11-5-4-6-12-23)34(22-24-13-7-8-16-27(24)32)29(36)17-10-19-35(40(2,38)39)26-15-9-14-25(31)21-26/h4-9,11-16,21,28H,3,10,17-20,22H2,1-2H3,(H,33,37)/t28-/m1/s1. The summed E-state index contributed by atoms with van der Waals surface area (Å²) in [7, 11) is -3.62. The van der Waals surface area contributed by atoms with E-state index in [-0.39, 0.29) is 37.7 Å². The molecule has 0 saturated heterocycles. The van der Waals surface area contributed by atoms with Crippen LogP contribution in [0, 0.1) is 0 Å². The first-order valence-corrected chi connectivity index (χ1v) is 15.8. The zero-order valence-electron chi connectivity index (χ0n) is 22.7. The van der Waals surface area contributed by atoms with Gasteiger partial charge in [-0.25, -0.2) is 8.42 Å². The van der Waals surface area contributed by atoms with Crippen molar-refractivity contribution < 1.29 is 18.0 Å². The number of halogens is 2. The van der Waals surface area contributed by atoms with Crippen LogP contribution in [0.3, 0.4) is 0 Å². The number of anilines is 1. The lowest BCUT2D eigenvalue weighted by Crippen LogP contribution is -2.50. The molecule has 0 spiro atoms. The van der Waals surface area contributed by atoms with Gasteiger partial charge in [0.25, 0.3) is 0 Å². The van der Waals surface area contributed by atoms with Gasteiger partial charge in [0.1, 0.15) is 6.04 Å². The largest absolute Gasteiger partial charge is 0.354 e. The number of hydrogen-bond acceptors (Lipinski definition) is 4. The van der Waals surface area contributed by atoms with Crippen molar-refractivity contribution in [2.24, 2.45) is 0 Å². The maximum atomic E-state index is 13.8. The molecule has 7 nitrogen and oxygen atoms in total. The monoisotopic (exact) mass is 603 g/mol. The van der Waals surface area contributed by atoms with Crippen molar-refractivity contribution in [1.82, 2.24) is 10.2 Å². The second kappa shape index (κ2) is 15.1. The summed E-state index contributed by atoms with van der Waals surface area (Å²) >= 11 is 12.5. The minimum Gasteiger partial charge on any atom is -0.354 e. The van der Waals surface area contributed by atoms with Crippen LogP contribution in [0.1, 0.15) is 37.3 Å². The van der Waals surface area contributed by atoms with Gasteiger partial charge in [0.15, 0.2) is 0 Å². The summed E-state index contributed by atoms with van der Waals surface area (Å²) in [6.45, 7) is 2.67. The van der Waals surface area contributed by atoms with E-state index in [1.54, 1.807) is 35.2 Å². The number of nitrogens with zero attached hydrogens (tertiary/aromatic N) is 2. The van der Waals surface area contributed by atoms with E-state index in [0.29, 0.717) is 28.7 Å². The highest BCUT2D eigenvalue weighted by atomic mass is 35.5. The lowest BCUT2D eigenvalue weighted by molar-refractivity contribution is -0.141. The summed E-state index contributed by atoms with van der Waals surface area (Å²) in [4.78, 5) is 28.8. The molecule has 0 aromatic heterocycles. The van der Waals surface area contributed by atoms with Gasteiger partial charge in [-0.2, -0.15) is 0 Å². The number of amides is 2. The van der Waals surface area contributed by atoms with Gasteiger partial charge >= 0.3 is 0 Å². The molecule has 10 heteroatoms. The first kappa shape index (κ1) is 31.5. The Morgan fingerprint density at radius 2 is 1.65 bits per heavy atom. The number of sulfonamides is 1. The smallest absolute Gasteiger partial charge is 0.243 e. The fourth-order valence-corrected chi connectivity index (χ4v) is 5.70.